The first-order valence-corrected chi connectivity index (χ1v) is 7.37. The normalized spacial score (nSPS) is 17.0. The smallest absolute Gasteiger partial charge is 0.274 e. The summed E-state index contributed by atoms with van der Waals surface area (Å²) in [5, 5.41) is 11.5. The van der Waals surface area contributed by atoms with Gasteiger partial charge in [0, 0.05) is 17.5 Å². The fourth-order valence-corrected chi connectivity index (χ4v) is 2.79. The van der Waals surface area contributed by atoms with Crippen LogP contribution in [0.15, 0.2) is 24.3 Å². The molecule has 1 saturated carbocycles. The van der Waals surface area contributed by atoms with Gasteiger partial charge in [0.1, 0.15) is 0 Å². The van der Waals surface area contributed by atoms with Gasteiger partial charge in [-0.1, -0.05) is 38.3 Å². The summed E-state index contributed by atoms with van der Waals surface area (Å²) in [6.07, 6.45) is 5.36. The molecule has 0 aromatic heterocycles. The first-order chi connectivity index (χ1) is 10.0. The Morgan fingerprint density at radius 3 is 2.33 bits per heavy atom. The van der Waals surface area contributed by atoms with E-state index in [0.29, 0.717) is 12.1 Å². The summed E-state index contributed by atoms with van der Waals surface area (Å²) in [4.78, 5) is 23.5. The lowest BCUT2D eigenvalue weighted by atomic mass is 9.75. The lowest BCUT2D eigenvalue weighted by Crippen LogP contribution is -2.39. The van der Waals surface area contributed by atoms with E-state index in [4.69, 9.17) is 5.21 Å². The van der Waals surface area contributed by atoms with E-state index in [9.17, 15) is 9.59 Å². The van der Waals surface area contributed by atoms with Gasteiger partial charge in [0.2, 0.25) is 5.91 Å². The third kappa shape index (κ3) is 3.82. The maximum atomic E-state index is 12.3. The Hall–Kier alpha value is -1.88. The van der Waals surface area contributed by atoms with Crippen LogP contribution in [0.4, 0.5) is 0 Å². The highest BCUT2D eigenvalue weighted by Gasteiger charge is 2.34. The number of hydrogen-bond donors (Lipinski definition) is 3. The zero-order chi connectivity index (χ0) is 15.3. The zero-order valence-electron chi connectivity index (χ0n) is 12.3. The molecule has 5 nitrogen and oxygen atoms in total. The zero-order valence-corrected chi connectivity index (χ0v) is 12.3. The highest BCUT2D eigenvalue weighted by Crippen LogP contribution is 2.35. The summed E-state index contributed by atoms with van der Waals surface area (Å²) in [7, 11) is 0. The molecule has 3 N–H and O–H groups in total. The Morgan fingerprint density at radius 1 is 1.14 bits per heavy atom. The van der Waals surface area contributed by atoms with Crippen molar-refractivity contribution >= 4 is 11.8 Å². The fraction of sp³-hybridized carbons (Fsp3) is 0.500. The Kier molecular flexibility index (Phi) is 4.96. The summed E-state index contributed by atoms with van der Waals surface area (Å²) >= 11 is 0. The predicted octanol–water partition coefficient (Wildman–Crippen LogP) is 2.39. The maximum Gasteiger partial charge on any atom is 0.274 e. The van der Waals surface area contributed by atoms with E-state index >= 15 is 0 Å². The Balaban J connectivity index is 1.90. The lowest BCUT2D eigenvalue weighted by Gasteiger charge is -2.32. The second kappa shape index (κ2) is 6.72. The minimum Gasteiger partial charge on any atom is -0.352 e. The van der Waals surface area contributed by atoms with E-state index in [-0.39, 0.29) is 11.3 Å². The van der Waals surface area contributed by atoms with Crippen molar-refractivity contribution in [1.29, 1.82) is 0 Å². The molecule has 0 atom stereocenters. The van der Waals surface area contributed by atoms with E-state index in [0.717, 1.165) is 31.2 Å². The van der Waals surface area contributed by atoms with E-state index < -0.39 is 5.91 Å². The molecular formula is C16H22N2O3. The molecule has 0 spiro atoms. The second-order valence-electron chi connectivity index (χ2n) is 5.94. The van der Waals surface area contributed by atoms with Gasteiger partial charge in [-0.05, 0) is 30.5 Å². The van der Waals surface area contributed by atoms with Crippen molar-refractivity contribution < 1.29 is 14.8 Å². The van der Waals surface area contributed by atoms with E-state index in [1.165, 1.54) is 6.42 Å². The van der Waals surface area contributed by atoms with E-state index in [2.05, 4.69) is 5.32 Å². The number of hydrogen-bond acceptors (Lipinski definition) is 3. The average Bonchev–Trinajstić information content (AvgIpc) is 2.53. The minimum absolute atomic E-state index is 0.111. The molecule has 2 rings (SSSR count). The van der Waals surface area contributed by atoms with Crippen LogP contribution in [0, 0.1) is 5.41 Å². The van der Waals surface area contributed by atoms with Crippen LogP contribution in [0.5, 0.6) is 0 Å². The van der Waals surface area contributed by atoms with Crippen molar-refractivity contribution in [2.75, 3.05) is 0 Å². The monoisotopic (exact) mass is 290 g/mol. The largest absolute Gasteiger partial charge is 0.352 e. The van der Waals surface area contributed by atoms with Gasteiger partial charge in [0.15, 0.2) is 0 Å². The van der Waals surface area contributed by atoms with Crippen molar-refractivity contribution in [2.45, 2.75) is 45.6 Å². The van der Waals surface area contributed by atoms with Gasteiger partial charge in [-0.25, -0.2) is 5.48 Å². The van der Waals surface area contributed by atoms with Crippen molar-refractivity contribution in [3.63, 3.8) is 0 Å². The molecule has 1 fully saturated rings. The highest BCUT2D eigenvalue weighted by molar-refractivity contribution is 5.93. The van der Waals surface area contributed by atoms with Crippen LogP contribution in [-0.2, 0) is 11.3 Å². The lowest BCUT2D eigenvalue weighted by molar-refractivity contribution is -0.132. The number of hydroxylamine groups is 1. The SMILES string of the molecule is CC1(C(=O)NCc2ccc(C(=O)NO)cc2)CCCCC1. The third-order valence-electron chi connectivity index (χ3n) is 4.28. The molecule has 0 saturated heterocycles. The second-order valence-corrected chi connectivity index (χ2v) is 5.94. The van der Waals surface area contributed by atoms with Gasteiger partial charge in [-0.15, -0.1) is 0 Å². The molecule has 0 unspecified atom stereocenters. The first kappa shape index (κ1) is 15.5. The number of carbonyl (C=O) groups is 2. The topological polar surface area (TPSA) is 78.4 Å². The van der Waals surface area contributed by atoms with Gasteiger partial charge in [0.25, 0.3) is 5.91 Å². The number of amides is 2. The Labute approximate surface area is 124 Å². The Bertz CT molecular complexity index is 505. The van der Waals surface area contributed by atoms with Gasteiger partial charge in [0.05, 0.1) is 0 Å². The van der Waals surface area contributed by atoms with Gasteiger partial charge >= 0.3 is 0 Å². The van der Waals surface area contributed by atoms with Crippen LogP contribution in [-0.4, -0.2) is 17.0 Å². The highest BCUT2D eigenvalue weighted by atomic mass is 16.5. The molecule has 1 aromatic carbocycles. The van der Waals surface area contributed by atoms with Crippen molar-refractivity contribution in [3.05, 3.63) is 35.4 Å². The van der Waals surface area contributed by atoms with Crippen molar-refractivity contribution in [3.8, 4) is 0 Å². The molecular weight excluding hydrogens is 268 g/mol. The molecule has 0 aliphatic heterocycles. The number of carbonyl (C=O) groups excluding carboxylic acids is 2. The predicted molar refractivity (Wildman–Crippen MR) is 78.7 cm³/mol. The van der Waals surface area contributed by atoms with Crippen LogP contribution in [0.25, 0.3) is 0 Å². The molecule has 1 aliphatic rings. The van der Waals surface area contributed by atoms with Crippen LogP contribution >= 0.6 is 0 Å². The summed E-state index contributed by atoms with van der Waals surface area (Å²) in [5.41, 5.74) is 2.66. The molecule has 0 radical (unpaired) electrons. The molecule has 114 valence electrons. The number of benzene rings is 1. The standard InChI is InChI=1S/C16H22N2O3/c1-16(9-3-2-4-10-16)15(20)17-11-12-5-7-13(8-6-12)14(19)18-21/h5-8,21H,2-4,9-11H2,1H3,(H,17,20)(H,18,19). The summed E-state index contributed by atoms with van der Waals surface area (Å²) in [6, 6.07) is 6.78. The maximum absolute atomic E-state index is 12.3. The van der Waals surface area contributed by atoms with Crippen molar-refractivity contribution in [1.82, 2.24) is 10.8 Å². The fourth-order valence-electron chi connectivity index (χ4n) is 2.79. The Morgan fingerprint density at radius 2 is 1.76 bits per heavy atom. The van der Waals surface area contributed by atoms with Crippen LogP contribution in [0.2, 0.25) is 0 Å². The number of rotatable bonds is 4. The van der Waals surface area contributed by atoms with E-state index in [1.54, 1.807) is 29.7 Å². The molecule has 21 heavy (non-hydrogen) atoms. The molecule has 0 heterocycles. The van der Waals surface area contributed by atoms with Crippen LogP contribution < -0.4 is 10.8 Å². The first-order valence-electron chi connectivity index (χ1n) is 7.37. The summed E-state index contributed by atoms with van der Waals surface area (Å²) in [6.45, 7) is 2.49. The van der Waals surface area contributed by atoms with Crippen LogP contribution in [0.3, 0.4) is 0 Å². The molecule has 2 amide bonds. The molecule has 1 aliphatic carbocycles. The molecule has 5 heteroatoms. The third-order valence-corrected chi connectivity index (χ3v) is 4.28. The number of nitrogens with one attached hydrogen (secondary N) is 2. The van der Waals surface area contributed by atoms with Crippen LogP contribution in [0.1, 0.15) is 54.9 Å². The molecule has 0 bridgehead atoms. The minimum atomic E-state index is -0.541. The van der Waals surface area contributed by atoms with Gasteiger partial charge in [-0.2, -0.15) is 0 Å². The summed E-state index contributed by atoms with van der Waals surface area (Å²) in [5.74, 6) is -0.431. The van der Waals surface area contributed by atoms with Gasteiger partial charge < -0.3 is 5.32 Å². The average molecular weight is 290 g/mol. The van der Waals surface area contributed by atoms with Gasteiger partial charge in [-0.3, -0.25) is 14.8 Å². The molecule has 1 aromatic rings. The van der Waals surface area contributed by atoms with E-state index in [1.807, 2.05) is 6.92 Å². The quantitative estimate of drug-likeness (QED) is 0.588. The van der Waals surface area contributed by atoms with Crippen molar-refractivity contribution in [2.24, 2.45) is 5.41 Å². The summed E-state index contributed by atoms with van der Waals surface area (Å²) < 4.78 is 0.